The van der Waals surface area contributed by atoms with Crippen LogP contribution in [0, 0.1) is 11.6 Å². The lowest BCUT2D eigenvalue weighted by Crippen LogP contribution is -1.95. The molecule has 90 valence electrons. The van der Waals surface area contributed by atoms with Crippen LogP contribution in [0.2, 0.25) is 0 Å². The van der Waals surface area contributed by atoms with Crippen molar-refractivity contribution in [1.82, 2.24) is 0 Å². The molecule has 0 amide bonds. The Morgan fingerprint density at radius 3 is 2.06 bits per heavy atom. The van der Waals surface area contributed by atoms with Crippen LogP contribution in [-0.4, -0.2) is 0 Å². The van der Waals surface area contributed by atoms with Crippen molar-refractivity contribution in [2.75, 3.05) is 0 Å². The van der Waals surface area contributed by atoms with E-state index in [4.69, 9.17) is 0 Å². The lowest BCUT2D eigenvalue weighted by Gasteiger charge is -2.04. The molecule has 0 unspecified atom stereocenters. The Bertz CT molecular complexity index is 287. The summed E-state index contributed by atoms with van der Waals surface area (Å²) in [6.45, 7) is 2.18. The van der Waals surface area contributed by atoms with E-state index in [0.29, 0.717) is 6.42 Å². The molecule has 0 aliphatic rings. The summed E-state index contributed by atoms with van der Waals surface area (Å²) in [5.74, 6) is -0.817. The Balaban J connectivity index is 2.26. The van der Waals surface area contributed by atoms with Gasteiger partial charge in [-0.15, -0.1) is 0 Å². The van der Waals surface area contributed by atoms with Gasteiger partial charge in [0.25, 0.3) is 0 Å². The summed E-state index contributed by atoms with van der Waals surface area (Å²) < 4.78 is 26.5. The first-order valence-corrected chi connectivity index (χ1v) is 6.18. The third-order valence-electron chi connectivity index (χ3n) is 2.84. The predicted molar refractivity (Wildman–Crippen MR) is 63.4 cm³/mol. The molecule has 0 aliphatic heterocycles. The highest BCUT2D eigenvalue weighted by atomic mass is 19.1. The van der Waals surface area contributed by atoms with Crippen molar-refractivity contribution in [3.05, 3.63) is 35.4 Å². The molecule has 0 N–H and O–H groups in total. The highest BCUT2D eigenvalue weighted by molar-refractivity contribution is 5.19. The lowest BCUT2D eigenvalue weighted by molar-refractivity contribution is 0.538. The van der Waals surface area contributed by atoms with Gasteiger partial charge < -0.3 is 0 Å². The van der Waals surface area contributed by atoms with Gasteiger partial charge in [-0.3, -0.25) is 0 Å². The van der Waals surface area contributed by atoms with E-state index in [1.54, 1.807) is 0 Å². The largest absolute Gasteiger partial charge is 0.207 e. The molecule has 0 bridgehead atoms. The number of rotatable bonds is 7. The number of halogens is 2. The number of hydrogen-bond acceptors (Lipinski definition) is 0. The smallest absolute Gasteiger partial charge is 0.129 e. The van der Waals surface area contributed by atoms with Crippen LogP contribution in [0.4, 0.5) is 8.78 Å². The van der Waals surface area contributed by atoms with E-state index in [9.17, 15) is 8.78 Å². The third kappa shape index (κ3) is 4.30. The van der Waals surface area contributed by atoms with Gasteiger partial charge in [0.05, 0.1) is 0 Å². The Kier molecular flexibility index (Phi) is 6.05. The standard InChI is InChI=1S/C14H20F2/c1-2-3-4-5-6-7-9-12-13(15)10-8-11-14(12)16/h8,10-11H,2-7,9H2,1H3. The normalized spacial score (nSPS) is 10.7. The quantitative estimate of drug-likeness (QED) is 0.582. The maximum Gasteiger partial charge on any atom is 0.129 e. The predicted octanol–water partition coefficient (Wildman–Crippen LogP) is 4.87. The maximum absolute atomic E-state index is 13.2. The minimum Gasteiger partial charge on any atom is -0.207 e. The fourth-order valence-electron chi connectivity index (χ4n) is 1.85. The molecule has 0 nitrogen and oxygen atoms in total. The first kappa shape index (κ1) is 13.1. The van der Waals surface area contributed by atoms with Crippen LogP contribution in [0.5, 0.6) is 0 Å². The number of unbranched alkanes of at least 4 members (excludes halogenated alkanes) is 5. The summed E-state index contributed by atoms with van der Waals surface area (Å²) in [6, 6.07) is 4.07. The Hall–Kier alpha value is -0.920. The zero-order valence-electron chi connectivity index (χ0n) is 9.94. The van der Waals surface area contributed by atoms with E-state index in [0.717, 1.165) is 12.8 Å². The van der Waals surface area contributed by atoms with Gasteiger partial charge in [-0.05, 0) is 25.0 Å². The van der Waals surface area contributed by atoms with Crippen LogP contribution in [0.15, 0.2) is 18.2 Å². The summed E-state index contributed by atoms with van der Waals surface area (Å²) in [4.78, 5) is 0. The Morgan fingerprint density at radius 2 is 1.44 bits per heavy atom. The summed E-state index contributed by atoms with van der Waals surface area (Å²) in [5, 5.41) is 0. The van der Waals surface area contributed by atoms with Gasteiger partial charge >= 0.3 is 0 Å². The molecule has 0 radical (unpaired) electrons. The van der Waals surface area contributed by atoms with Gasteiger partial charge in [0.2, 0.25) is 0 Å². The van der Waals surface area contributed by atoms with E-state index >= 15 is 0 Å². The van der Waals surface area contributed by atoms with Crippen LogP contribution in [0.1, 0.15) is 51.0 Å². The second-order valence-corrected chi connectivity index (χ2v) is 4.22. The van der Waals surface area contributed by atoms with E-state index in [1.807, 2.05) is 0 Å². The fourth-order valence-corrected chi connectivity index (χ4v) is 1.85. The highest BCUT2D eigenvalue weighted by Crippen LogP contribution is 2.16. The van der Waals surface area contributed by atoms with Crippen molar-refractivity contribution in [3.63, 3.8) is 0 Å². The molecule has 0 fully saturated rings. The molecule has 16 heavy (non-hydrogen) atoms. The van der Waals surface area contributed by atoms with Crippen LogP contribution >= 0.6 is 0 Å². The van der Waals surface area contributed by atoms with Crippen molar-refractivity contribution in [3.8, 4) is 0 Å². The van der Waals surface area contributed by atoms with Crippen molar-refractivity contribution in [1.29, 1.82) is 0 Å². The topological polar surface area (TPSA) is 0 Å². The zero-order chi connectivity index (χ0) is 11.8. The minimum absolute atomic E-state index is 0.248. The van der Waals surface area contributed by atoms with E-state index in [-0.39, 0.29) is 5.56 Å². The molecule has 0 saturated heterocycles. The summed E-state index contributed by atoms with van der Waals surface area (Å²) in [6.07, 6.45) is 7.34. The molecule has 2 heteroatoms. The van der Waals surface area contributed by atoms with E-state index in [2.05, 4.69) is 6.92 Å². The van der Waals surface area contributed by atoms with Crippen molar-refractivity contribution in [2.45, 2.75) is 51.9 Å². The molecule has 1 aromatic carbocycles. The number of hydrogen-bond donors (Lipinski definition) is 0. The van der Waals surface area contributed by atoms with Crippen LogP contribution in [-0.2, 0) is 6.42 Å². The maximum atomic E-state index is 13.2. The van der Waals surface area contributed by atoms with Crippen molar-refractivity contribution in [2.24, 2.45) is 0 Å². The SMILES string of the molecule is CCCCCCCCc1c(F)cccc1F. The first-order valence-electron chi connectivity index (χ1n) is 6.18. The fraction of sp³-hybridized carbons (Fsp3) is 0.571. The second kappa shape index (κ2) is 7.37. The van der Waals surface area contributed by atoms with E-state index < -0.39 is 11.6 Å². The monoisotopic (exact) mass is 226 g/mol. The van der Waals surface area contributed by atoms with Crippen LogP contribution in [0.3, 0.4) is 0 Å². The van der Waals surface area contributed by atoms with Crippen LogP contribution < -0.4 is 0 Å². The highest BCUT2D eigenvalue weighted by Gasteiger charge is 2.06. The van der Waals surface area contributed by atoms with Crippen LogP contribution in [0.25, 0.3) is 0 Å². The van der Waals surface area contributed by atoms with Gasteiger partial charge in [0.15, 0.2) is 0 Å². The molecular weight excluding hydrogens is 206 g/mol. The van der Waals surface area contributed by atoms with Gasteiger partial charge in [-0.2, -0.15) is 0 Å². The Morgan fingerprint density at radius 1 is 0.875 bits per heavy atom. The van der Waals surface area contributed by atoms with Gasteiger partial charge in [0.1, 0.15) is 11.6 Å². The molecule has 0 saturated carbocycles. The molecular formula is C14H20F2. The zero-order valence-corrected chi connectivity index (χ0v) is 9.94. The number of benzene rings is 1. The van der Waals surface area contributed by atoms with Gasteiger partial charge in [-0.1, -0.05) is 45.1 Å². The molecule has 0 aliphatic carbocycles. The summed E-state index contributed by atoms with van der Waals surface area (Å²) in [5.41, 5.74) is 0.248. The van der Waals surface area contributed by atoms with E-state index in [1.165, 1.54) is 43.9 Å². The van der Waals surface area contributed by atoms with Crippen molar-refractivity contribution < 1.29 is 8.78 Å². The molecule has 0 aromatic heterocycles. The lowest BCUT2D eigenvalue weighted by atomic mass is 10.0. The summed E-state index contributed by atoms with van der Waals surface area (Å²) >= 11 is 0. The Labute approximate surface area is 96.7 Å². The molecule has 0 atom stereocenters. The van der Waals surface area contributed by atoms with Gasteiger partial charge in [-0.25, -0.2) is 8.78 Å². The molecule has 1 aromatic rings. The average molecular weight is 226 g/mol. The first-order chi connectivity index (χ1) is 7.75. The van der Waals surface area contributed by atoms with Crippen molar-refractivity contribution >= 4 is 0 Å². The average Bonchev–Trinajstić information content (AvgIpc) is 2.26. The molecule has 0 spiro atoms. The minimum atomic E-state index is -0.409. The van der Waals surface area contributed by atoms with Gasteiger partial charge in [0, 0.05) is 5.56 Å². The molecule has 1 rings (SSSR count). The second-order valence-electron chi connectivity index (χ2n) is 4.22. The summed E-state index contributed by atoms with van der Waals surface area (Å²) in [7, 11) is 0. The third-order valence-corrected chi connectivity index (χ3v) is 2.84. The molecule has 0 heterocycles.